The summed E-state index contributed by atoms with van der Waals surface area (Å²) in [7, 11) is 0. The van der Waals surface area contributed by atoms with Crippen molar-refractivity contribution in [3.8, 4) is 11.1 Å². The zero-order valence-corrected chi connectivity index (χ0v) is 14.0. The largest absolute Gasteiger partial charge is 0.478 e. The number of carboxylic acids is 1. The summed E-state index contributed by atoms with van der Waals surface area (Å²) in [6.07, 6.45) is 0. The second-order valence-electron chi connectivity index (χ2n) is 5.84. The maximum atomic E-state index is 13.3. The highest BCUT2D eigenvalue weighted by Gasteiger charge is 2.15. The highest BCUT2D eigenvalue weighted by molar-refractivity contribution is 6.08. The van der Waals surface area contributed by atoms with Gasteiger partial charge >= 0.3 is 5.97 Å². The van der Waals surface area contributed by atoms with Crippen LogP contribution in [0.2, 0.25) is 0 Å². The Morgan fingerprint density at radius 1 is 0.962 bits per heavy atom. The second-order valence-corrected chi connectivity index (χ2v) is 5.84. The van der Waals surface area contributed by atoms with Crippen LogP contribution in [-0.4, -0.2) is 17.0 Å². The van der Waals surface area contributed by atoms with Gasteiger partial charge in [0.1, 0.15) is 5.82 Å². The van der Waals surface area contributed by atoms with E-state index in [0.717, 1.165) is 5.56 Å². The Morgan fingerprint density at radius 2 is 1.69 bits per heavy atom. The van der Waals surface area contributed by atoms with Crippen LogP contribution in [0.3, 0.4) is 0 Å². The van der Waals surface area contributed by atoms with Gasteiger partial charge in [-0.15, -0.1) is 0 Å². The normalized spacial score (nSPS) is 10.4. The van der Waals surface area contributed by atoms with Gasteiger partial charge in [0.15, 0.2) is 0 Å². The molecule has 4 nitrogen and oxygen atoms in total. The number of carbonyl (C=O) groups is 2. The number of anilines is 1. The molecule has 0 radical (unpaired) electrons. The SMILES string of the molecule is Cc1cc(F)ccc1-c1ccc(C(=O)O)c(NC(=O)c2ccccc2)c1. The number of halogens is 1. The number of hydrogen-bond acceptors (Lipinski definition) is 2. The number of carboxylic acid groups (broad SMARTS) is 1. The molecule has 130 valence electrons. The maximum Gasteiger partial charge on any atom is 0.337 e. The molecular formula is C21H16FNO3. The molecule has 3 rings (SSSR count). The Balaban J connectivity index is 2.02. The predicted octanol–water partition coefficient (Wildman–Crippen LogP) is 4.75. The minimum Gasteiger partial charge on any atom is -0.478 e. The quantitative estimate of drug-likeness (QED) is 0.714. The Labute approximate surface area is 149 Å². The molecule has 0 heterocycles. The van der Waals surface area contributed by atoms with Crippen molar-refractivity contribution in [1.29, 1.82) is 0 Å². The van der Waals surface area contributed by atoms with E-state index >= 15 is 0 Å². The van der Waals surface area contributed by atoms with Gasteiger partial charge in [-0.3, -0.25) is 4.79 Å². The van der Waals surface area contributed by atoms with E-state index in [1.54, 1.807) is 55.5 Å². The smallest absolute Gasteiger partial charge is 0.337 e. The van der Waals surface area contributed by atoms with Gasteiger partial charge in [-0.05, 0) is 60.0 Å². The van der Waals surface area contributed by atoms with Crippen LogP contribution < -0.4 is 5.32 Å². The van der Waals surface area contributed by atoms with Crippen LogP contribution in [0.1, 0.15) is 26.3 Å². The monoisotopic (exact) mass is 349 g/mol. The maximum absolute atomic E-state index is 13.3. The van der Waals surface area contributed by atoms with Crippen LogP contribution in [0.25, 0.3) is 11.1 Å². The fraction of sp³-hybridized carbons (Fsp3) is 0.0476. The molecule has 3 aromatic rings. The molecule has 2 N–H and O–H groups in total. The third-order valence-corrected chi connectivity index (χ3v) is 4.03. The van der Waals surface area contributed by atoms with Crippen molar-refractivity contribution in [3.63, 3.8) is 0 Å². The number of aromatic carboxylic acids is 1. The number of hydrogen-bond donors (Lipinski definition) is 2. The summed E-state index contributed by atoms with van der Waals surface area (Å²) in [5, 5.41) is 12.1. The van der Waals surface area contributed by atoms with Crippen LogP contribution in [0.15, 0.2) is 66.7 Å². The lowest BCUT2D eigenvalue weighted by atomic mass is 9.98. The fourth-order valence-corrected chi connectivity index (χ4v) is 2.74. The van der Waals surface area contributed by atoms with E-state index in [9.17, 15) is 19.1 Å². The van der Waals surface area contributed by atoms with Gasteiger partial charge in [0.05, 0.1) is 11.3 Å². The van der Waals surface area contributed by atoms with Gasteiger partial charge in [-0.25, -0.2) is 9.18 Å². The van der Waals surface area contributed by atoms with Crippen LogP contribution in [0.5, 0.6) is 0 Å². The Morgan fingerprint density at radius 3 is 2.35 bits per heavy atom. The average molecular weight is 349 g/mol. The van der Waals surface area contributed by atoms with E-state index < -0.39 is 11.9 Å². The van der Waals surface area contributed by atoms with E-state index in [1.165, 1.54) is 18.2 Å². The lowest BCUT2D eigenvalue weighted by Gasteiger charge is -2.12. The summed E-state index contributed by atoms with van der Waals surface area (Å²) in [6, 6.07) is 17.6. The third kappa shape index (κ3) is 3.62. The molecular weight excluding hydrogens is 333 g/mol. The molecule has 0 fully saturated rings. The van der Waals surface area contributed by atoms with Gasteiger partial charge in [0.25, 0.3) is 5.91 Å². The fourth-order valence-electron chi connectivity index (χ4n) is 2.74. The molecule has 0 aliphatic heterocycles. The molecule has 0 atom stereocenters. The van der Waals surface area contributed by atoms with Crippen molar-refractivity contribution in [2.75, 3.05) is 5.32 Å². The first-order chi connectivity index (χ1) is 12.5. The molecule has 0 saturated heterocycles. The summed E-state index contributed by atoms with van der Waals surface area (Å²) in [4.78, 5) is 23.9. The number of benzene rings is 3. The highest BCUT2D eigenvalue weighted by Crippen LogP contribution is 2.29. The van der Waals surface area contributed by atoms with E-state index in [-0.39, 0.29) is 17.1 Å². The Bertz CT molecular complexity index is 984. The highest BCUT2D eigenvalue weighted by atomic mass is 19.1. The molecule has 26 heavy (non-hydrogen) atoms. The molecule has 3 aromatic carbocycles. The van der Waals surface area contributed by atoms with Crippen LogP contribution in [0.4, 0.5) is 10.1 Å². The predicted molar refractivity (Wildman–Crippen MR) is 97.9 cm³/mol. The molecule has 0 bridgehead atoms. The Kier molecular flexibility index (Phi) is 4.80. The van der Waals surface area contributed by atoms with Crippen molar-refractivity contribution in [3.05, 3.63) is 89.2 Å². The summed E-state index contributed by atoms with van der Waals surface area (Å²) in [5.41, 5.74) is 2.76. The molecule has 1 amide bonds. The van der Waals surface area contributed by atoms with Crippen molar-refractivity contribution in [1.82, 2.24) is 0 Å². The van der Waals surface area contributed by atoms with Gasteiger partial charge in [0, 0.05) is 5.56 Å². The minimum absolute atomic E-state index is 0.0159. The van der Waals surface area contributed by atoms with Crippen LogP contribution >= 0.6 is 0 Å². The van der Waals surface area contributed by atoms with Crippen LogP contribution in [0, 0.1) is 12.7 Å². The average Bonchev–Trinajstić information content (AvgIpc) is 2.62. The number of aryl methyl sites for hydroxylation is 1. The number of amides is 1. The van der Waals surface area contributed by atoms with Gasteiger partial charge < -0.3 is 10.4 Å². The number of carbonyl (C=O) groups excluding carboxylic acids is 1. The summed E-state index contributed by atoms with van der Waals surface area (Å²) >= 11 is 0. The Hall–Kier alpha value is -3.47. The van der Waals surface area contributed by atoms with Crippen molar-refractivity contribution in [2.24, 2.45) is 0 Å². The molecule has 0 unspecified atom stereocenters. The summed E-state index contributed by atoms with van der Waals surface area (Å²) in [5.74, 6) is -1.89. The first-order valence-corrected chi connectivity index (χ1v) is 7.96. The van der Waals surface area contributed by atoms with Crippen molar-refractivity contribution in [2.45, 2.75) is 6.92 Å². The zero-order valence-electron chi connectivity index (χ0n) is 14.0. The van der Waals surface area contributed by atoms with Crippen molar-refractivity contribution >= 4 is 17.6 Å². The standard InChI is InChI=1S/C21H16FNO3/c1-13-11-16(22)8-10-17(13)15-7-9-18(21(25)26)19(12-15)23-20(24)14-5-3-2-4-6-14/h2-12H,1H3,(H,23,24)(H,25,26). The molecule has 0 aliphatic rings. The van der Waals surface area contributed by atoms with Crippen LogP contribution in [-0.2, 0) is 0 Å². The summed E-state index contributed by atoms with van der Waals surface area (Å²) in [6.45, 7) is 1.77. The van der Waals surface area contributed by atoms with E-state index in [4.69, 9.17) is 0 Å². The first-order valence-electron chi connectivity index (χ1n) is 7.96. The molecule has 0 aliphatic carbocycles. The lowest BCUT2D eigenvalue weighted by Crippen LogP contribution is -2.14. The van der Waals surface area contributed by atoms with E-state index in [0.29, 0.717) is 16.7 Å². The number of rotatable bonds is 4. The minimum atomic E-state index is -1.14. The number of nitrogens with one attached hydrogen (secondary N) is 1. The topological polar surface area (TPSA) is 66.4 Å². The van der Waals surface area contributed by atoms with Gasteiger partial charge in [0.2, 0.25) is 0 Å². The molecule has 0 aromatic heterocycles. The lowest BCUT2D eigenvalue weighted by molar-refractivity contribution is 0.0698. The zero-order chi connectivity index (χ0) is 18.7. The van der Waals surface area contributed by atoms with E-state index in [2.05, 4.69) is 5.32 Å². The molecule has 0 spiro atoms. The molecule has 0 saturated carbocycles. The first kappa shape index (κ1) is 17.4. The van der Waals surface area contributed by atoms with Gasteiger partial charge in [-0.1, -0.05) is 30.3 Å². The van der Waals surface area contributed by atoms with E-state index in [1.807, 2.05) is 0 Å². The van der Waals surface area contributed by atoms with Gasteiger partial charge in [-0.2, -0.15) is 0 Å². The van der Waals surface area contributed by atoms with Crippen molar-refractivity contribution < 1.29 is 19.1 Å². The third-order valence-electron chi connectivity index (χ3n) is 4.03. The summed E-state index contributed by atoms with van der Waals surface area (Å²) < 4.78 is 13.3. The molecule has 5 heteroatoms. The second kappa shape index (κ2) is 7.19.